The van der Waals surface area contributed by atoms with Gasteiger partial charge in [0.05, 0.1) is 0 Å². The second-order valence-electron chi connectivity index (χ2n) is 5.56. The molecule has 2 atom stereocenters. The van der Waals surface area contributed by atoms with Gasteiger partial charge in [-0.2, -0.15) is 0 Å². The maximum atomic E-state index is 12.4. The fourth-order valence-corrected chi connectivity index (χ4v) is 2.55. The van der Waals surface area contributed by atoms with Gasteiger partial charge < -0.3 is 15.8 Å². The Kier molecular flexibility index (Phi) is 3.02. The van der Waals surface area contributed by atoms with Gasteiger partial charge in [0, 0.05) is 13.1 Å². The lowest BCUT2D eigenvalue weighted by Gasteiger charge is -2.37. The molecule has 1 heterocycles. The van der Waals surface area contributed by atoms with E-state index >= 15 is 0 Å². The van der Waals surface area contributed by atoms with E-state index in [1.54, 1.807) is 0 Å². The number of piperidine rings is 1. The smallest absolute Gasteiger partial charge is 0.236 e. The predicted molar refractivity (Wildman–Crippen MR) is 64.6 cm³/mol. The van der Waals surface area contributed by atoms with E-state index in [1.807, 2.05) is 4.90 Å². The molecule has 1 saturated heterocycles. The van der Waals surface area contributed by atoms with Crippen LogP contribution in [0.1, 0.15) is 33.1 Å². The van der Waals surface area contributed by atoms with Crippen LogP contribution in [0.2, 0.25) is 0 Å². The van der Waals surface area contributed by atoms with Crippen molar-refractivity contribution in [2.45, 2.75) is 33.1 Å². The fraction of sp³-hybridized carbons (Fsp3) is 0.833. The molecule has 0 radical (unpaired) electrons. The van der Waals surface area contributed by atoms with E-state index in [1.165, 1.54) is 0 Å². The second-order valence-corrected chi connectivity index (χ2v) is 5.56. The van der Waals surface area contributed by atoms with Crippen molar-refractivity contribution in [2.24, 2.45) is 28.1 Å². The molecule has 0 bridgehead atoms. The first kappa shape index (κ1) is 12.2. The van der Waals surface area contributed by atoms with Crippen LogP contribution in [0, 0.1) is 17.3 Å². The molecule has 0 aromatic rings. The molecule has 96 valence electrons. The molecule has 1 aliphatic carbocycles. The maximum Gasteiger partial charge on any atom is 0.236 e. The van der Waals surface area contributed by atoms with Crippen LogP contribution in [-0.4, -0.2) is 34.9 Å². The minimum atomic E-state index is -0.685. The van der Waals surface area contributed by atoms with E-state index in [4.69, 9.17) is 10.9 Å². The van der Waals surface area contributed by atoms with Crippen molar-refractivity contribution < 1.29 is 10.0 Å². The van der Waals surface area contributed by atoms with Crippen molar-refractivity contribution in [1.82, 2.24) is 4.90 Å². The molecule has 17 heavy (non-hydrogen) atoms. The highest BCUT2D eigenvalue weighted by Gasteiger charge is 2.56. The SMILES string of the molecule is CC1CCN(C(=O)C2(C(N)=NO)CC2)CC1C. The zero-order valence-electron chi connectivity index (χ0n) is 10.5. The van der Waals surface area contributed by atoms with Gasteiger partial charge in [-0.15, -0.1) is 0 Å². The number of hydrogen-bond donors (Lipinski definition) is 2. The molecule has 1 saturated carbocycles. The van der Waals surface area contributed by atoms with Gasteiger partial charge in [-0.25, -0.2) is 0 Å². The van der Waals surface area contributed by atoms with Crippen LogP contribution in [0.15, 0.2) is 5.16 Å². The van der Waals surface area contributed by atoms with Gasteiger partial charge in [0.2, 0.25) is 5.91 Å². The van der Waals surface area contributed by atoms with Crippen molar-refractivity contribution in [3.8, 4) is 0 Å². The van der Waals surface area contributed by atoms with E-state index in [-0.39, 0.29) is 11.7 Å². The highest BCUT2D eigenvalue weighted by molar-refractivity contribution is 6.09. The van der Waals surface area contributed by atoms with Crippen LogP contribution >= 0.6 is 0 Å². The van der Waals surface area contributed by atoms with E-state index in [0.717, 1.165) is 19.5 Å². The van der Waals surface area contributed by atoms with Crippen LogP contribution in [0.3, 0.4) is 0 Å². The number of carbonyl (C=O) groups excluding carboxylic acids is 1. The molecule has 2 rings (SSSR count). The molecular formula is C12H21N3O2. The number of amidine groups is 1. The molecule has 3 N–H and O–H groups in total. The third kappa shape index (κ3) is 1.98. The lowest BCUT2D eigenvalue weighted by atomic mass is 9.87. The Bertz CT molecular complexity index is 350. The Labute approximate surface area is 102 Å². The average molecular weight is 239 g/mol. The molecule has 2 unspecified atom stereocenters. The van der Waals surface area contributed by atoms with Gasteiger partial charge >= 0.3 is 0 Å². The van der Waals surface area contributed by atoms with Gasteiger partial charge in [-0.3, -0.25) is 4.79 Å². The summed E-state index contributed by atoms with van der Waals surface area (Å²) in [6.45, 7) is 5.99. The van der Waals surface area contributed by atoms with Gasteiger partial charge in [-0.1, -0.05) is 19.0 Å². The summed E-state index contributed by atoms with van der Waals surface area (Å²) in [4.78, 5) is 14.3. The van der Waals surface area contributed by atoms with Crippen molar-refractivity contribution in [3.05, 3.63) is 0 Å². The van der Waals surface area contributed by atoms with Crippen LogP contribution in [0.4, 0.5) is 0 Å². The molecular weight excluding hydrogens is 218 g/mol. The zero-order valence-corrected chi connectivity index (χ0v) is 10.5. The van der Waals surface area contributed by atoms with Gasteiger partial charge in [0.15, 0.2) is 5.84 Å². The third-order valence-corrected chi connectivity index (χ3v) is 4.38. The summed E-state index contributed by atoms with van der Waals surface area (Å²) in [6.07, 6.45) is 2.46. The van der Waals surface area contributed by atoms with Crippen molar-refractivity contribution >= 4 is 11.7 Å². The molecule has 1 amide bonds. The minimum absolute atomic E-state index is 0.0477. The Morgan fingerprint density at radius 2 is 2.06 bits per heavy atom. The van der Waals surface area contributed by atoms with Gasteiger partial charge in [0.25, 0.3) is 0 Å². The standard InChI is InChI=1S/C12H21N3O2/c1-8-3-6-15(7-9(8)2)11(16)12(4-5-12)10(13)14-17/h8-9,17H,3-7H2,1-2H3,(H2,13,14). The number of rotatable bonds is 2. The Hall–Kier alpha value is -1.26. The molecule has 0 aromatic carbocycles. The van der Waals surface area contributed by atoms with E-state index < -0.39 is 5.41 Å². The molecule has 2 aliphatic rings. The lowest BCUT2D eigenvalue weighted by molar-refractivity contribution is -0.137. The number of nitrogens with two attached hydrogens (primary N) is 1. The normalized spacial score (nSPS) is 32.4. The number of hydrogen-bond acceptors (Lipinski definition) is 3. The summed E-state index contributed by atoms with van der Waals surface area (Å²) in [5.74, 6) is 1.31. The third-order valence-electron chi connectivity index (χ3n) is 4.38. The molecule has 5 heteroatoms. The highest BCUT2D eigenvalue weighted by atomic mass is 16.4. The number of carbonyl (C=O) groups is 1. The summed E-state index contributed by atoms with van der Waals surface area (Å²) in [6, 6.07) is 0. The molecule has 1 aliphatic heterocycles. The quantitative estimate of drug-likeness (QED) is 0.327. The summed E-state index contributed by atoms with van der Waals surface area (Å²) in [7, 11) is 0. The van der Waals surface area contributed by atoms with Crippen LogP contribution in [-0.2, 0) is 4.79 Å². The van der Waals surface area contributed by atoms with Crippen LogP contribution < -0.4 is 5.73 Å². The van der Waals surface area contributed by atoms with Crippen molar-refractivity contribution in [3.63, 3.8) is 0 Å². The maximum absolute atomic E-state index is 12.4. The van der Waals surface area contributed by atoms with E-state index in [9.17, 15) is 4.79 Å². The Morgan fingerprint density at radius 3 is 2.53 bits per heavy atom. The molecule has 5 nitrogen and oxygen atoms in total. The topological polar surface area (TPSA) is 78.9 Å². The largest absolute Gasteiger partial charge is 0.409 e. The fourth-order valence-electron chi connectivity index (χ4n) is 2.55. The molecule has 0 aromatic heterocycles. The lowest BCUT2D eigenvalue weighted by Crippen LogP contribution is -2.48. The number of likely N-dealkylation sites (tertiary alicyclic amines) is 1. The monoisotopic (exact) mass is 239 g/mol. The van der Waals surface area contributed by atoms with Crippen LogP contribution in [0.5, 0.6) is 0 Å². The summed E-state index contributed by atoms with van der Waals surface area (Å²) in [5, 5.41) is 11.8. The Balaban J connectivity index is 2.06. The molecule has 2 fully saturated rings. The number of oxime groups is 1. The van der Waals surface area contributed by atoms with E-state index in [0.29, 0.717) is 24.7 Å². The van der Waals surface area contributed by atoms with Gasteiger partial charge in [-0.05, 0) is 31.1 Å². The first-order valence-electron chi connectivity index (χ1n) is 6.28. The van der Waals surface area contributed by atoms with Crippen molar-refractivity contribution in [1.29, 1.82) is 0 Å². The van der Waals surface area contributed by atoms with Crippen molar-refractivity contribution in [2.75, 3.05) is 13.1 Å². The highest BCUT2D eigenvalue weighted by Crippen LogP contribution is 2.48. The summed E-state index contributed by atoms with van der Waals surface area (Å²) in [5.41, 5.74) is 4.95. The molecule has 0 spiro atoms. The number of nitrogens with zero attached hydrogens (tertiary/aromatic N) is 2. The predicted octanol–water partition coefficient (Wildman–Crippen LogP) is 1.02. The van der Waals surface area contributed by atoms with Crippen LogP contribution in [0.25, 0.3) is 0 Å². The summed E-state index contributed by atoms with van der Waals surface area (Å²) >= 11 is 0. The zero-order chi connectivity index (χ0) is 12.6. The average Bonchev–Trinajstić information content (AvgIpc) is 3.12. The Morgan fingerprint density at radius 1 is 1.41 bits per heavy atom. The minimum Gasteiger partial charge on any atom is -0.409 e. The first-order chi connectivity index (χ1) is 8.01. The second kappa shape index (κ2) is 4.20. The van der Waals surface area contributed by atoms with E-state index in [2.05, 4.69) is 19.0 Å². The first-order valence-corrected chi connectivity index (χ1v) is 6.28. The van der Waals surface area contributed by atoms with Gasteiger partial charge in [0.1, 0.15) is 5.41 Å². The summed E-state index contributed by atoms with van der Waals surface area (Å²) < 4.78 is 0. The number of amides is 1.